The fraction of sp³-hybridized carbons (Fsp3) is 0.588. The zero-order chi connectivity index (χ0) is 19.4. The first-order chi connectivity index (χ1) is 11.9. The summed E-state index contributed by atoms with van der Waals surface area (Å²) >= 11 is 0. The van der Waals surface area contributed by atoms with Crippen LogP contribution in [-0.4, -0.2) is 33.2 Å². The van der Waals surface area contributed by atoms with Gasteiger partial charge in [-0.15, -0.1) is 0 Å². The number of esters is 1. The third-order valence-electron chi connectivity index (χ3n) is 5.99. The first kappa shape index (κ1) is 19.2. The molecule has 0 heterocycles. The highest BCUT2D eigenvalue weighted by Gasteiger charge is 2.64. The van der Waals surface area contributed by atoms with Crippen molar-refractivity contribution in [2.75, 3.05) is 0 Å². The molecule has 0 bridgehead atoms. The summed E-state index contributed by atoms with van der Waals surface area (Å²) in [4.78, 5) is 12.5. The van der Waals surface area contributed by atoms with Gasteiger partial charge < -0.3 is 20.3 Å². The highest BCUT2D eigenvalue weighted by atomic mass is 16.8. The van der Waals surface area contributed by atoms with Gasteiger partial charge in [-0.3, -0.25) is 0 Å². The minimum absolute atomic E-state index is 0.102. The van der Waals surface area contributed by atoms with Gasteiger partial charge in [-0.1, -0.05) is 13.8 Å². The van der Waals surface area contributed by atoms with E-state index in [4.69, 9.17) is 15.2 Å². The fourth-order valence-corrected chi connectivity index (χ4v) is 4.16. The lowest BCUT2D eigenvalue weighted by atomic mass is 9.83. The molecule has 2 aliphatic carbocycles. The van der Waals surface area contributed by atoms with Crippen LogP contribution in [0, 0.1) is 27.7 Å². The van der Waals surface area contributed by atoms with Crippen LogP contribution in [0.2, 0.25) is 0 Å². The zero-order valence-corrected chi connectivity index (χ0v) is 14.9. The summed E-state index contributed by atoms with van der Waals surface area (Å²) < 4.78 is 5.48. The molecule has 6 atom stereocenters. The minimum Gasteiger partial charge on any atom is -0.595 e. The Hall–Kier alpha value is -1.59. The molecular formula is C17H24N2O7. The second-order valence-corrected chi connectivity index (χ2v) is 8.13. The Morgan fingerprint density at radius 3 is 2.15 bits per heavy atom. The van der Waals surface area contributed by atoms with Crippen LogP contribution in [-0.2, 0) is 4.74 Å². The summed E-state index contributed by atoms with van der Waals surface area (Å²) in [5.41, 5.74) is -1.85. The number of nitrogens with one attached hydrogen (secondary N) is 2. The van der Waals surface area contributed by atoms with Crippen molar-refractivity contribution in [2.45, 2.75) is 45.3 Å². The number of ether oxygens (including phenoxy) is 1. The number of quaternary nitrogens is 2. The maximum absolute atomic E-state index is 12.5. The monoisotopic (exact) mass is 368 g/mol. The fourth-order valence-electron chi connectivity index (χ4n) is 4.16. The number of carbonyl (C=O) groups is 1. The van der Waals surface area contributed by atoms with E-state index in [-0.39, 0.29) is 22.4 Å². The Balaban J connectivity index is 1.81. The predicted molar refractivity (Wildman–Crippen MR) is 87.8 cm³/mol. The number of aliphatic hydroxyl groups is 1. The lowest BCUT2D eigenvalue weighted by Crippen LogP contribution is -3.00. The van der Waals surface area contributed by atoms with E-state index in [0.717, 1.165) is 18.2 Å². The van der Waals surface area contributed by atoms with Crippen LogP contribution in [0.1, 0.15) is 44.0 Å². The molecule has 144 valence electrons. The second kappa shape index (κ2) is 6.24. The Kier molecular flexibility index (Phi) is 4.60. The van der Waals surface area contributed by atoms with Crippen LogP contribution < -0.4 is 10.5 Å². The number of hydrogen-bond donors (Lipinski definition) is 5. The lowest BCUT2D eigenvalue weighted by Gasteiger charge is -2.36. The van der Waals surface area contributed by atoms with Crippen LogP contribution >= 0.6 is 0 Å². The lowest BCUT2D eigenvalue weighted by molar-refractivity contribution is -0.996. The SMILES string of the molecule is CC1(C)[C@@H]2C[C@@](C)(O)[C@H](OC(=O)c3cc([NH+]([O-])O)cc([NH+]([O-])O)c3)C[C@@H]21. The normalized spacial score (nSPS) is 34.5. The van der Waals surface area contributed by atoms with Crippen molar-refractivity contribution in [2.24, 2.45) is 17.3 Å². The second-order valence-electron chi connectivity index (χ2n) is 8.13. The summed E-state index contributed by atoms with van der Waals surface area (Å²) in [7, 11) is 0. The van der Waals surface area contributed by atoms with Crippen LogP contribution in [0.25, 0.3) is 0 Å². The maximum Gasteiger partial charge on any atom is 0.338 e. The minimum atomic E-state index is -1.34. The van der Waals surface area contributed by atoms with Gasteiger partial charge in [0.25, 0.3) is 0 Å². The van der Waals surface area contributed by atoms with Gasteiger partial charge in [0.1, 0.15) is 6.10 Å². The van der Waals surface area contributed by atoms with Gasteiger partial charge in [0.05, 0.1) is 17.2 Å². The van der Waals surface area contributed by atoms with Gasteiger partial charge in [0, 0.05) is 12.1 Å². The quantitative estimate of drug-likeness (QED) is 0.367. The van der Waals surface area contributed by atoms with E-state index in [1.165, 1.54) is 0 Å². The van der Waals surface area contributed by atoms with Crippen molar-refractivity contribution in [1.29, 1.82) is 0 Å². The Bertz CT molecular complexity index is 691. The van der Waals surface area contributed by atoms with Gasteiger partial charge in [-0.25, -0.2) is 15.2 Å². The first-order valence-corrected chi connectivity index (χ1v) is 8.48. The number of fused-ring (bicyclic) bond motifs is 1. The van der Waals surface area contributed by atoms with Crippen LogP contribution in [0.3, 0.4) is 0 Å². The summed E-state index contributed by atoms with van der Waals surface area (Å²) in [6.45, 7) is 5.88. The van der Waals surface area contributed by atoms with E-state index < -0.39 is 28.1 Å². The molecule has 9 heteroatoms. The van der Waals surface area contributed by atoms with Gasteiger partial charge in [0.15, 0.2) is 11.4 Å². The van der Waals surface area contributed by atoms with Crippen LogP contribution in [0.4, 0.5) is 11.4 Å². The first-order valence-electron chi connectivity index (χ1n) is 8.48. The molecule has 2 saturated carbocycles. The van der Waals surface area contributed by atoms with Crippen LogP contribution in [0.15, 0.2) is 18.2 Å². The highest BCUT2D eigenvalue weighted by molar-refractivity contribution is 5.91. The molecule has 1 aromatic carbocycles. The molecule has 0 radical (unpaired) electrons. The Labute approximate surface area is 150 Å². The average molecular weight is 368 g/mol. The Morgan fingerprint density at radius 1 is 1.12 bits per heavy atom. The van der Waals surface area contributed by atoms with Crippen molar-refractivity contribution >= 4 is 17.3 Å². The summed E-state index contributed by atoms with van der Waals surface area (Å²) in [5.74, 6) is -0.0837. The summed E-state index contributed by atoms with van der Waals surface area (Å²) in [6.07, 6.45) is 0.332. The van der Waals surface area contributed by atoms with Crippen molar-refractivity contribution in [3.8, 4) is 0 Å². The molecule has 0 aromatic heterocycles. The average Bonchev–Trinajstić information content (AvgIpc) is 3.05. The largest absolute Gasteiger partial charge is 0.595 e. The highest BCUT2D eigenvalue weighted by Crippen LogP contribution is 2.66. The summed E-state index contributed by atoms with van der Waals surface area (Å²) in [6, 6.07) is 3.15. The molecule has 0 amide bonds. The molecule has 3 rings (SSSR count). The molecular weight excluding hydrogens is 344 g/mol. The van der Waals surface area contributed by atoms with Crippen molar-refractivity contribution in [3.05, 3.63) is 34.2 Å². The van der Waals surface area contributed by atoms with E-state index in [0.29, 0.717) is 24.7 Å². The molecule has 0 aliphatic heterocycles. The van der Waals surface area contributed by atoms with E-state index in [2.05, 4.69) is 13.8 Å². The number of benzene rings is 1. The van der Waals surface area contributed by atoms with E-state index >= 15 is 0 Å². The topological polar surface area (TPSA) is 142 Å². The third-order valence-corrected chi connectivity index (χ3v) is 5.99. The van der Waals surface area contributed by atoms with Gasteiger partial charge in [-0.2, -0.15) is 10.5 Å². The molecule has 0 spiro atoms. The summed E-state index contributed by atoms with van der Waals surface area (Å²) in [5, 5.41) is 48.6. The Morgan fingerprint density at radius 2 is 1.65 bits per heavy atom. The molecule has 0 saturated heterocycles. The standard InChI is InChI=1S/C17H24N2O7/c1-16(2)12-7-14(17(3,21)8-13(12)16)26-15(20)9-4-10(18(22)23)6-11(5-9)19(24)25/h4-6,12-14,18-19,21-22,24H,7-8H2,1-3H3/t12-,13+,14+,17+/m0/s1. The maximum atomic E-state index is 12.5. The molecule has 2 fully saturated rings. The van der Waals surface area contributed by atoms with Crippen LogP contribution in [0.5, 0.6) is 0 Å². The number of carbonyl (C=O) groups excluding carboxylic acids is 1. The molecule has 2 aliphatic rings. The molecule has 9 nitrogen and oxygen atoms in total. The molecule has 2 unspecified atom stereocenters. The van der Waals surface area contributed by atoms with E-state index in [1.54, 1.807) is 6.92 Å². The number of rotatable bonds is 4. The van der Waals surface area contributed by atoms with Gasteiger partial charge in [0.2, 0.25) is 0 Å². The van der Waals surface area contributed by atoms with Crippen molar-refractivity contribution in [3.63, 3.8) is 0 Å². The van der Waals surface area contributed by atoms with Gasteiger partial charge in [-0.05, 0) is 37.0 Å². The van der Waals surface area contributed by atoms with E-state index in [1.807, 2.05) is 0 Å². The van der Waals surface area contributed by atoms with Crippen molar-refractivity contribution in [1.82, 2.24) is 0 Å². The van der Waals surface area contributed by atoms with E-state index in [9.17, 15) is 20.3 Å². The number of hydrogen-bond acceptors (Lipinski definition) is 7. The molecule has 26 heavy (non-hydrogen) atoms. The molecule has 1 aromatic rings. The molecule has 5 N–H and O–H groups in total. The third kappa shape index (κ3) is 3.35. The van der Waals surface area contributed by atoms with Gasteiger partial charge >= 0.3 is 5.97 Å². The predicted octanol–water partition coefficient (Wildman–Crippen LogP) is -0.164. The zero-order valence-electron chi connectivity index (χ0n) is 14.9. The van der Waals surface area contributed by atoms with Crippen molar-refractivity contribution < 1.29 is 35.5 Å². The smallest absolute Gasteiger partial charge is 0.338 e.